The SMILES string of the molecule is CC1(C)OCCC12CCN(c1cnc(Sc3ccnc(N)c3Cl)c(N)n1)CC2. The van der Waals surface area contributed by atoms with E-state index in [0.717, 1.165) is 49.7 Å². The topological polar surface area (TPSA) is 103 Å². The Morgan fingerprint density at radius 3 is 2.54 bits per heavy atom. The molecule has 7 nitrogen and oxygen atoms in total. The maximum absolute atomic E-state index is 6.22. The van der Waals surface area contributed by atoms with Crippen LogP contribution in [0.1, 0.15) is 33.1 Å². The molecule has 2 aromatic rings. The molecule has 4 rings (SSSR count). The number of pyridine rings is 1. The molecule has 4 heterocycles. The van der Waals surface area contributed by atoms with E-state index in [1.54, 1.807) is 18.5 Å². The van der Waals surface area contributed by atoms with Crippen LogP contribution >= 0.6 is 23.4 Å². The van der Waals surface area contributed by atoms with Gasteiger partial charge in [0.1, 0.15) is 16.7 Å². The highest BCUT2D eigenvalue weighted by molar-refractivity contribution is 7.99. The lowest BCUT2D eigenvalue weighted by molar-refractivity contribution is -0.0433. The predicted octanol–water partition coefficient (Wildman–Crippen LogP) is 3.63. The van der Waals surface area contributed by atoms with E-state index >= 15 is 0 Å². The fourth-order valence-electron chi connectivity index (χ4n) is 4.21. The summed E-state index contributed by atoms with van der Waals surface area (Å²) in [4.78, 5) is 16.1. The van der Waals surface area contributed by atoms with Gasteiger partial charge in [0.15, 0.2) is 5.82 Å². The number of nitrogens with two attached hydrogens (primary N) is 2. The van der Waals surface area contributed by atoms with Crippen molar-refractivity contribution in [3.05, 3.63) is 23.5 Å². The highest BCUT2D eigenvalue weighted by Crippen LogP contribution is 2.51. The zero-order valence-corrected chi connectivity index (χ0v) is 17.7. The van der Waals surface area contributed by atoms with E-state index < -0.39 is 0 Å². The average molecular weight is 421 g/mol. The fourth-order valence-corrected chi connectivity index (χ4v) is 5.22. The third kappa shape index (κ3) is 3.38. The molecule has 0 unspecified atom stereocenters. The first-order chi connectivity index (χ1) is 13.3. The second kappa shape index (κ2) is 7.24. The minimum absolute atomic E-state index is 0.0596. The number of nitrogen functional groups attached to an aromatic ring is 2. The van der Waals surface area contributed by atoms with Crippen molar-refractivity contribution in [2.45, 2.75) is 48.6 Å². The van der Waals surface area contributed by atoms with Crippen LogP contribution in [0.2, 0.25) is 5.02 Å². The summed E-state index contributed by atoms with van der Waals surface area (Å²) >= 11 is 7.55. The maximum atomic E-state index is 6.22. The molecule has 0 aliphatic carbocycles. The highest BCUT2D eigenvalue weighted by atomic mass is 35.5. The molecule has 0 amide bonds. The van der Waals surface area contributed by atoms with Crippen molar-refractivity contribution >= 4 is 40.8 Å². The number of halogens is 1. The molecule has 28 heavy (non-hydrogen) atoms. The van der Waals surface area contributed by atoms with Gasteiger partial charge in [-0.15, -0.1) is 0 Å². The fraction of sp³-hybridized carbons (Fsp3) is 0.526. The van der Waals surface area contributed by atoms with E-state index in [1.165, 1.54) is 11.8 Å². The second-order valence-electron chi connectivity index (χ2n) is 7.91. The smallest absolute Gasteiger partial charge is 0.158 e. The summed E-state index contributed by atoms with van der Waals surface area (Å²) in [7, 11) is 0. The van der Waals surface area contributed by atoms with Gasteiger partial charge in [0, 0.05) is 36.2 Å². The Balaban J connectivity index is 1.47. The van der Waals surface area contributed by atoms with Gasteiger partial charge in [0.25, 0.3) is 0 Å². The van der Waals surface area contributed by atoms with Crippen molar-refractivity contribution in [2.75, 3.05) is 36.1 Å². The van der Waals surface area contributed by atoms with Crippen molar-refractivity contribution in [3.63, 3.8) is 0 Å². The minimum Gasteiger partial charge on any atom is -0.382 e. The normalized spacial score (nSPS) is 20.6. The van der Waals surface area contributed by atoms with Crippen molar-refractivity contribution in [3.8, 4) is 0 Å². The number of aromatic nitrogens is 3. The van der Waals surface area contributed by atoms with Gasteiger partial charge in [-0.05, 0) is 39.2 Å². The van der Waals surface area contributed by atoms with Crippen molar-refractivity contribution in [1.29, 1.82) is 0 Å². The van der Waals surface area contributed by atoms with E-state index in [4.69, 9.17) is 27.8 Å². The summed E-state index contributed by atoms with van der Waals surface area (Å²) in [5.74, 6) is 1.49. The van der Waals surface area contributed by atoms with Gasteiger partial charge in [-0.3, -0.25) is 0 Å². The van der Waals surface area contributed by atoms with Crippen molar-refractivity contribution in [1.82, 2.24) is 15.0 Å². The first-order valence-electron chi connectivity index (χ1n) is 9.41. The first-order valence-corrected chi connectivity index (χ1v) is 10.6. The molecule has 2 saturated heterocycles. The Hall–Kier alpha value is -1.77. The second-order valence-corrected chi connectivity index (χ2v) is 9.31. The zero-order chi connectivity index (χ0) is 19.9. The average Bonchev–Trinajstić information content (AvgIpc) is 2.95. The maximum Gasteiger partial charge on any atom is 0.158 e. The van der Waals surface area contributed by atoms with Gasteiger partial charge in [-0.1, -0.05) is 23.4 Å². The van der Waals surface area contributed by atoms with Crippen molar-refractivity contribution < 1.29 is 4.74 Å². The summed E-state index contributed by atoms with van der Waals surface area (Å²) in [5.41, 5.74) is 12.2. The molecule has 0 bridgehead atoms. The van der Waals surface area contributed by atoms with Crippen LogP contribution in [0.15, 0.2) is 28.4 Å². The van der Waals surface area contributed by atoms with Gasteiger partial charge in [-0.25, -0.2) is 15.0 Å². The molecular formula is C19H25ClN6OS. The summed E-state index contributed by atoms with van der Waals surface area (Å²) in [6.07, 6.45) is 6.70. The number of nitrogens with zero attached hydrogens (tertiary/aromatic N) is 4. The van der Waals surface area contributed by atoms with Gasteiger partial charge in [0.2, 0.25) is 0 Å². The summed E-state index contributed by atoms with van der Waals surface area (Å²) in [6, 6.07) is 1.79. The minimum atomic E-state index is -0.0596. The first kappa shape index (κ1) is 19.5. The molecular weight excluding hydrogens is 396 g/mol. The standard InChI is InChI=1S/C19H25ClN6OS/c1-18(2)19(6-10-27-18)4-8-26(9-5-19)13-11-24-17(16(22)25-13)28-12-3-7-23-15(21)14(12)20/h3,7,11H,4-6,8-10H2,1-2H3,(H2,21,23)(H2,22,25). The summed E-state index contributed by atoms with van der Waals surface area (Å²) < 4.78 is 5.99. The number of anilines is 3. The third-order valence-electron chi connectivity index (χ3n) is 6.20. The number of hydrogen-bond donors (Lipinski definition) is 2. The van der Waals surface area contributed by atoms with Crippen LogP contribution in [0, 0.1) is 5.41 Å². The lowest BCUT2D eigenvalue weighted by Crippen LogP contribution is -2.48. The molecule has 9 heteroatoms. The zero-order valence-electron chi connectivity index (χ0n) is 16.1. The predicted molar refractivity (Wildman–Crippen MR) is 113 cm³/mol. The Kier molecular flexibility index (Phi) is 5.05. The Morgan fingerprint density at radius 2 is 1.89 bits per heavy atom. The van der Waals surface area contributed by atoms with E-state index in [9.17, 15) is 0 Å². The molecule has 150 valence electrons. The van der Waals surface area contributed by atoms with Crippen LogP contribution in [0.25, 0.3) is 0 Å². The van der Waals surface area contributed by atoms with Gasteiger partial charge in [-0.2, -0.15) is 0 Å². The summed E-state index contributed by atoms with van der Waals surface area (Å²) in [6.45, 7) is 7.15. The molecule has 1 spiro atoms. The van der Waals surface area contributed by atoms with E-state index in [-0.39, 0.29) is 16.8 Å². The number of piperidine rings is 1. The quantitative estimate of drug-likeness (QED) is 0.775. The van der Waals surface area contributed by atoms with Crippen LogP contribution in [0.4, 0.5) is 17.5 Å². The molecule has 2 aliphatic heterocycles. The van der Waals surface area contributed by atoms with Crippen LogP contribution < -0.4 is 16.4 Å². The van der Waals surface area contributed by atoms with Crippen molar-refractivity contribution in [2.24, 2.45) is 5.41 Å². The van der Waals surface area contributed by atoms with Gasteiger partial charge in [0.05, 0.1) is 16.8 Å². The molecule has 0 radical (unpaired) electrons. The molecule has 2 aliphatic rings. The van der Waals surface area contributed by atoms with Crippen LogP contribution in [-0.2, 0) is 4.74 Å². The van der Waals surface area contributed by atoms with Gasteiger partial charge < -0.3 is 21.1 Å². The molecule has 0 atom stereocenters. The van der Waals surface area contributed by atoms with Crippen LogP contribution in [0.3, 0.4) is 0 Å². The summed E-state index contributed by atoms with van der Waals surface area (Å²) in [5, 5.41) is 1.01. The molecule has 0 saturated carbocycles. The molecule has 2 aromatic heterocycles. The molecule has 4 N–H and O–H groups in total. The number of ether oxygens (including phenoxy) is 1. The lowest BCUT2D eigenvalue weighted by Gasteiger charge is -2.46. The van der Waals surface area contributed by atoms with Crippen LogP contribution in [0.5, 0.6) is 0 Å². The molecule has 2 fully saturated rings. The largest absolute Gasteiger partial charge is 0.382 e. The van der Waals surface area contributed by atoms with Gasteiger partial charge >= 0.3 is 0 Å². The molecule has 0 aromatic carbocycles. The number of hydrogen-bond acceptors (Lipinski definition) is 8. The lowest BCUT2D eigenvalue weighted by atomic mass is 9.67. The Bertz CT molecular complexity index is 885. The third-order valence-corrected chi connectivity index (χ3v) is 7.78. The van der Waals surface area contributed by atoms with E-state index in [2.05, 4.69) is 33.7 Å². The van der Waals surface area contributed by atoms with Crippen LogP contribution in [-0.4, -0.2) is 40.2 Å². The van der Waals surface area contributed by atoms with E-state index in [1.807, 2.05) is 0 Å². The van der Waals surface area contributed by atoms with E-state index in [0.29, 0.717) is 15.9 Å². The Morgan fingerprint density at radius 1 is 1.14 bits per heavy atom. The monoisotopic (exact) mass is 420 g/mol. The Labute approximate surface area is 174 Å². The highest BCUT2D eigenvalue weighted by Gasteiger charge is 2.51. The number of rotatable bonds is 3.